The average Bonchev–Trinajstić information content (AvgIpc) is 2.63. The molecule has 0 saturated carbocycles. The van der Waals surface area contributed by atoms with Crippen LogP contribution in [-0.4, -0.2) is 19.1 Å². The van der Waals surface area contributed by atoms with Crippen LogP contribution in [0.3, 0.4) is 0 Å². The predicted molar refractivity (Wildman–Crippen MR) is 107 cm³/mol. The summed E-state index contributed by atoms with van der Waals surface area (Å²) in [5, 5.41) is 2.53. The Balaban J connectivity index is 3.39. The number of allylic oxidation sites excluding steroid dienone is 8. The van der Waals surface area contributed by atoms with Crippen LogP contribution in [0.5, 0.6) is 0 Å². The largest absolute Gasteiger partial charge is 0.354 e. The van der Waals surface area contributed by atoms with Gasteiger partial charge in [-0.3, -0.25) is 4.79 Å². The van der Waals surface area contributed by atoms with E-state index in [0.29, 0.717) is 6.54 Å². The van der Waals surface area contributed by atoms with E-state index in [4.69, 9.17) is 0 Å². The number of carbonyl (C=O) groups is 1. The molecule has 0 rings (SSSR count). The molecule has 2 nitrogen and oxygen atoms in total. The molecule has 0 bridgehead atoms. The van der Waals surface area contributed by atoms with Crippen molar-refractivity contribution in [3.05, 3.63) is 48.6 Å². The molecule has 0 aromatic rings. The maximum Gasteiger partial charge on any atom is 0.251 e. The molecular formula is C22H36FNO. The van der Waals surface area contributed by atoms with Crippen LogP contribution in [0.15, 0.2) is 48.6 Å². The molecule has 0 unspecified atom stereocenters. The molecule has 1 N–H and O–H groups in total. The van der Waals surface area contributed by atoms with E-state index in [-0.39, 0.29) is 0 Å². The van der Waals surface area contributed by atoms with Gasteiger partial charge in [0.05, 0.1) is 0 Å². The van der Waals surface area contributed by atoms with Gasteiger partial charge in [-0.1, -0.05) is 68.4 Å². The molecule has 0 saturated heterocycles. The van der Waals surface area contributed by atoms with Crippen LogP contribution in [0.4, 0.5) is 4.39 Å². The first kappa shape index (κ1) is 23.4. The van der Waals surface area contributed by atoms with Gasteiger partial charge in [-0.2, -0.15) is 0 Å². The summed E-state index contributed by atoms with van der Waals surface area (Å²) in [6.45, 7) is 1.88. The number of amides is 1. The van der Waals surface area contributed by atoms with Crippen LogP contribution in [0.1, 0.15) is 71.1 Å². The lowest BCUT2D eigenvalue weighted by atomic mass is 10.2. The lowest BCUT2D eigenvalue weighted by Crippen LogP contribution is -2.25. The van der Waals surface area contributed by atoms with E-state index >= 15 is 0 Å². The van der Waals surface area contributed by atoms with Crippen LogP contribution < -0.4 is 5.32 Å². The van der Waals surface area contributed by atoms with Crippen molar-refractivity contribution in [3.63, 3.8) is 0 Å². The second-order valence-electron chi connectivity index (χ2n) is 6.07. The lowest BCUT2D eigenvalue weighted by Gasteiger charge is -2.00. The van der Waals surface area contributed by atoms with Crippen molar-refractivity contribution in [1.29, 1.82) is 0 Å². The molecule has 3 heteroatoms. The fraction of sp³-hybridized carbons (Fsp3) is 0.591. The first-order chi connectivity index (χ1) is 12.3. The van der Waals surface area contributed by atoms with Crippen molar-refractivity contribution < 1.29 is 9.18 Å². The van der Waals surface area contributed by atoms with E-state index in [2.05, 4.69) is 60.8 Å². The minimum atomic E-state index is -0.919. The van der Waals surface area contributed by atoms with E-state index in [1.54, 1.807) is 0 Å². The molecule has 0 aromatic heterocycles. The molecule has 0 aromatic carbocycles. The SMILES string of the molecule is CCCCC/C=C\C/C=C\C/C=C\C/C=C\CCCCNC(=O)CF. The predicted octanol–water partition coefficient (Wildman–Crippen LogP) is 6.22. The van der Waals surface area contributed by atoms with E-state index < -0.39 is 12.6 Å². The smallest absolute Gasteiger partial charge is 0.251 e. The Morgan fingerprint density at radius 2 is 1.24 bits per heavy atom. The van der Waals surface area contributed by atoms with Gasteiger partial charge in [0.1, 0.15) is 0 Å². The highest BCUT2D eigenvalue weighted by Gasteiger charge is 1.96. The molecule has 0 fully saturated rings. The number of nitrogens with one attached hydrogen (secondary N) is 1. The Bertz CT molecular complexity index is 410. The van der Waals surface area contributed by atoms with Crippen LogP contribution in [0.25, 0.3) is 0 Å². The standard InChI is InChI=1S/C22H36FNO/c1-2-3-4-5-6-7-8-9-10-11-12-13-14-15-16-17-18-19-20-24-22(25)21-23/h6-7,9-10,12-13,15-16H,2-5,8,11,14,17-21H2,1H3,(H,24,25)/b7-6-,10-9-,13-12-,16-15-. The normalized spacial score (nSPS) is 12.2. The molecule has 0 spiro atoms. The highest BCUT2D eigenvalue weighted by atomic mass is 19.1. The quantitative estimate of drug-likeness (QED) is 0.260. The Morgan fingerprint density at radius 3 is 1.72 bits per heavy atom. The molecular weight excluding hydrogens is 313 g/mol. The van der Waals surface area contributed by atoms with E-state index in [1.807, 2.05) is 0 Å². The maximum atomic E-state index is 11.9. The maximum absolute atomic E-state index is 11.9. The Kier molecular flexibility index (Phi) is 19.1. The van der Waals surface area contributed by atoms with Gasteiger partial charge in [0, 0.05) is 6.54 Å². The Hall–Kier alpha value is -1.64. The van der Waals surface area contributed by atoms with Gasteiger partial charge >= 0.3 is 0 Å². The molecule has 0 aliphatic heterocycles. The summed E-state index contributed by atoms with van der Waals surface area (Å²) in [5.41, 5.74) is 0. The first-order valence-corrected chi connectivity index (χ1v) is 9.73. The first-order valence-electron chi connectivity index (χ1n) is 9.73. The van der Waals surface area contributed by atoms with Gasteiger partial charge in [-0.15, -0.1) is 0 Å². The van der Waals surface area contributed by atoms with E-state index in [1.165, 1.54) is 25.7 Å². The fourth-order valence-corrected chi connectivity index (χ4v) is 2.22. The summed E-state index contributed by atoms with van der Waals surface area (Å²) in [6.07, 6.45) is 28.7. The summed E-state index contributed by atoms with van der Waals surface area (Å²) in [6, 6.07) is 0. The van der Waals surface area contributed by atoms with Gasteiger partial charge in [-0.25, -0.2) is 4.39 Å². The number of unbranched alkanes of at least 4 members (excludes halogenated alkanes) is 5. The minimum Gasteiger partial charge on any atom is -0.354 e. The van der Waals surface area contributed by atoms with Gasteiger partial charge < -0.3 is 5.32 Å². The summed E-state index contributed by atoms with van der Waals surface area (Å²) in [7, 11) is 0. The second-order valence-corrected chi connectivity index (χ2v) is 6.07. The van der Waals surface area contributed by atoms with Gasteiger partial charge in [-0.05, 0) is 51.4 Å². The lowest BCUT2D eigenvalue weighted by molar-refractivity contribution is -0.121. The molecule has 0 aliphatic carbocycles. The highest BCUT2D eigenvalue weighted by Crippen LogP contribution is 2.01. The van der Waals surface area contributed by atoms with Gasteiger partial charge in [0.2, 0.25) is 0 Å². The zero-order chi connectivity index (χ0) is 18.4. The fourth-order valence-electron chi connectivity index (χ4n) is 2.22. The third-order valence-corrected chi connectivity index (χ3v) is 3.70. The number of alkyl halides is 1. The minimum absolute atomic E-state index is 0.516. The Morgan fingerprint density at radius 1 is 0.760 bits per heavy atom. The van der Waals surface area contributed by atoms with E-state index in [9.17, 15) is 9.18 Å². The third-order valence-electron chi connectivity index (χ3n) is 3.70. The number of halogens is 1. The summed E-state index contributed by atoms with van der Waals surface area (Å²) in [4.78, 5) is 10.7. The molecule has 25 heavy (non-hydrogen) atoms. The number of hydrogen-bond donors (Lipinski definition) is 1. The molecule has 1 amide bonds. The van der Waals surface area contributed by atoms with Crippen LogP contribution in [0.2, 0.25) is 0 Å². The van der Waals surface area contributed by atoms with Crippen molar-refractivity contribution in [2.75, 3.05) is 13.2 Å². The third kappa shape index (κ3) is 20.3. The zero-order valence-electron chi connectivity index (χ0n) is 15.9. The van der Waals surface area contributed by atoms with Gasteiger partial charge in [0.25, 0.3) is 5.91 Å². The molecule has 0 radical (unpaired) electrons. The monoisotopic (exact) mass is 349 g/mol. The van der Waals surface area contributed by atoms with Crippen molar-refractivity contribution in [3.8, 4) is 0 Å². The van der Waals surface area contributed by atoms with Crippen molar-refractivity contribution in [1.82, 2.24) is 5.32 Å². The van der Waals surface area contributed by atoms with Crippen LogP contribution in [0, 0.1) is 0 Å². The number of carbonyl (C=O) groups excluding carboxylic acids is 1. The van der Waals surface area contributed by atoms with Gasteiger partial charge in [0.15, 0.2) is 6.67 Å². The molecule has 0 aliphatic rings. The van der Waals surface area contributed by atoms with Crippen LogP contribution >= 0.6 is 0 Å². The Labute approximate surface area is 154 Å². The topological polar surface area (TPSA) is 29.1 Å². The average molecular weight is 350 g/mol. The van der Waals surface area contributed by atoms with Crippen LogP contribution in [-0.2, 0) is 4.79 Å². The van der Waals surface area contributed by atoms with Crippen molar-refractivity contribution >= 4 is 5.91 Å². The summed E-state index contributed by atoms with van der Waals surface area (Å²) >= 11 is 0. The highest BCUT2D eigenvalue weighted by molar-refractivity contribution is 5.76. The second kappa shape index (κ2) is 20.4. The summed E-state index contributed by atoms with van der Waals surface area (Å²) in [5.74, 6) is -0.516. The molecule has 0 atom stereocenters. The zero-order valence-corrected chi connectivity index (χ0v) is 15.9. The van der Waals surface area contributed by atoms with Crippen molar-refractivity contribution in [2.24, 2.45) is 0 Å². The number of hydrogen-bond acceptors (Lipinski definition) is 1. The van der Waals surface area contributed by atoms with Crippen molar-refractivity contribution in [2.45, 2.75) is 71.1 Å². The van der Waals surface area contributed by atoms with E-state index in [0.717, 1.165) is 38.5 Å². The number of rotatable bonds is 16. The summed E-state index contributed by atoms with van der Waals surface area (Å²) < 4.78 is 11.9. The molecule has 0 heterocycles. The molecule has 142 valence electrons.